The summed E-state index contributed by atoms with van der Waals surface area (Å²) in [6.45, 7) is 2.22. The number of amides is 4. The van der Waals surface area contributed by atoms with Crippen LogP contribution in [-0.2, 0) is 28.5 Å². The number of fused-ring (bicyclic) bond motifs is 6. The molecule has 0 radical (unpaired) electrons. The molecular formula is C44H49ClN8O8. The maximum Gasteiger partial charge on any atom is 0.407 e. The number of rotatable bonds is 7. The molecule has 10 atom stereocenters. The van der Waals surface area contributed by atoms with Gasteiger partial charge < -0.3 is 49.3 Å². The number of nitrogens with zero attached hydrogens (tertiary/aromatic N) is 4. The van der Waals surface area contributed by atoms with E-state index < -0.39 is 24.3 Å². The summed E-state index contributed by atoms with van der Waals surface area (Å²) in [5.41, 5.74) is 5.28. The van der Waals surface area contributed by atoms with Crippen LogP contribution >= 0.6 is 11.6 Å². The molecule has 61 heavy (non-hydrogen) atoms. The van der Waals surface area contributed by atoms with Crippen molar-refractivity contribution in [1.82, 2.24) is 40.4 Å². The Morgan fingerprint density at radius 3 is 1.69 bits per heavy atom. The van der Waals surface area contributed by atoms with E-state index in [4.69, 9.17) is 40.5 Å². The number of piperidine rings is 2. The minimum absolute atomic E-state index is 0.00531. The van der Waals surface area contributed by atoms with E-state index in [9.17, 15) is 19.2 Å². The highest BCUT2D eigenvalue weighted by Gasteiger charge is 2.56. The lowest BCUT2D eigenvalue weighted by Gasteiger charge is -2.49. The van der Waals surface area contributed by atoms with Crippen LogP contribution in [0.4, 0.5) is 9.59 Å². The molecule has 4 amide bonds. The van der Waals surface area contributed by atoms with Crippen molar-refractivity contribution in [3.63, 3.8) is 0 Å². The normalized spacial score (nSPS) is 30.5. The predicted octanol–water partition coefficient (Wildman–Crippen LogP) is 5.63. The van der Waals surface area contributed by atoms with Gasteiger partial charge in [-0.1, -0.05) is 60.1 Å². The Labute approximate surface area is 357 Å². The first-order chi connectivity index (χ1) is 29.7. The van der Waals surface area contributed by atoms with E-state index in [1.807, 2.05) is 52.4 Å². The summed E-state index contributed by atoms with van der Waals surface area (Å²) in [6.07, 6.45) is 5.14. The zero-order valence-electron chi connectivity index (χ0n) is 34.0. The molecule has 4 unspecified atom stereocenters. The van der Waals surface area contributed by atoms with E-state index in [2.05, 4.69) is 32.7 Å². The van der Waals surface area contributed by atoms with Gasteiger partial charge in [-0.15, -0.1) is 0 Å². The lowest BCUT2D eigenvalue weighted by Crippen LogP contribution is -2.64. The summed E-state index contributed by atoms with van der Waals surface area (Å²) >= 11 is 6.80. The van der Waals surface area contributed by atoms with E-state index in [0.29, 0.717) is 55.9 Å². The minimum Gasteiger partial charge on any atom is -0.453 e. The highest BCUT2D eigenvalue weighted by atomic mass is 35.5. The van der Waals surface area contributed by atoms with Crippen LogP contribution in [0, 0.1) is 23.7 Å². The number of aromatic amines is 2. The Balaban J connectivity index is 0.828. The van der Waals surface area contributed by atoms with Crippen LogP contribution in [0.2, 0.25) is 5.15 Å². The number of methoxy groups -OCH3 is 2. The summed E-state index contributed by atoms with van der Waals surface area (Å²) in [5.74, 6) is 1.33. The van der Waals surface area contributed by atoms with E-state index in [1.54, 1.807) is 0 Å². The SMILES string of the molecule is COC(=O)N[C@@H]1C(=O)N2[C@H](CC[C@H]2c2ncc(-c3ccc(-c4ccc(-c5nc([C@@H]6CC[C@@H]7C8COCCC8[C@H](NC(=O)OC)C(=O)N76)[nH]c5Cl)cc4)cc3)[nH]2)C2COCCC21. The molecule has 0 saturated carbocycles. The number of alkyl carbamates (subject to hydrolysis) is 2. The van der Waals surface area contributed by atoms with Gasteiger partial charge in [-0.3, -0.25) is 9.59 Å². The largest absolute Gasteiger partial charge is 0.453 e. The molecule has 4 N–H and O–H groups in total. The number of carbonyl (C=O) groups excluding carboxylic acids is 4. The molecule has 17 heteroatoms. The highest BCUT2D eigenvalue weighted by molar-refractivity contribution is 6.32. The van der Waals surface area contributed by atoms with Gasteiger partial charge in [0.2, 0.25) is 11.8 Å². The quantitative estimate of drug-likeness (QED) is 0.181. The van der Waals surface area contributed by atoms with E-state index in [-0.39, 0.29) is 59.7 Å². The van der Waals surface area contributed by atoms with Gasteiger partial charge in [0.25, 0.3) is 0 Å². The summed E-state index contributed by atoms with van der Waals surface area (Å²) in [4.78, 5) is 72.9. The number of aromatic nitrogens is 4. The molecule has 6 aliphatic heterocycles. The Morgan fingerprint density at radius 1 is 0.672 bits per heavy atom. The molecule has 0 bridgehead atoms. The van der Waals surface area contributed by atoms with Gasteiger partial charge in [0.15, 0.2) is 0 Å². The molecule has 6 saturated heterocycles. The third-order valence-corrected chi connectivity index (χ3v) is 14.4. The molecule has 6 fully saturated rings. The third-order valence-electron chi connectivity index (χ3n) is 14.2. The van der Waals surface area contributed by atoms with Crippen molar-refractivity contribution in [1.29, 1.82) is 0 Å². The van der Waals surface area contributed by atoms with Crippen LogP contribution in [0.5, 0.6) is 0 Å². The summed E-state index contributed by atoms with van der Waals surface area (Å²) < 4.78 is 21.5. The van der Waals surface area contributed by atoms with Crippen LogP contribution in [0.25, 0.3) is 33.6 Å². The van der Waals surface area contributed by atoms with Gasteiger partial charge in [0.05, 0.1) is 51.4 Å². The first kappa shape index (κ1) is 39.7. The number of H-pyrrole nitrogens is 2. The highest BCUT2D eigenvalue weighted by Crippen LogP contribution is 2.49. The van der Waals surface area contributed by atoms with Gasteiger partial charge in [0, 0.05) is 42.7 Å². The lowest BCUT2D eigenvalue weighted by molar-refractivity contribution is -0.153. The number of carbonyl (C=O) groups is 4. The van der Waals surface area contributed by atoms with Crippen LogP contribution in [0.3, 0.4) is 0 Å². The fourth-order valence-corrected chi connectivity index (χ4v) is 11.5. The minimum atomic E-state index is -0.693. The number of halogens is 1. The molecule has 8 heterocycles. The smallest absolute Gasteiger partial charge is 0.407 e. The van der Waals surface area contributed by atoms with Gasteiger partial charge in [-0.05, 0) is 67.1 Å². The maximum absolute atomic E-state index is 14.0. The predicted molar refractivity (Wildman–Crippen MR) is 221 cm³/mol. The van der Waals surface area contributed by atoms with Gasteiger partial charge in [-0.2, -0.15) is 0 Å². The monoisotopic (exact) mass is 852 g/mol. The number of nitrogens with one attached hydrogen (secondary N) is 4. The van der Waals surface area contributed by atoms with Crippen molar-refractivity contribution in [3.05, 3.63) is 71.5 Å². The third kappa shape index (κ3) is 6.92. The second-order valence-corrected chi connectivity index (χ2v) is 17.4. The first-order valence-electron chi connectivity index (χ1n) is 21.2. The molecule has 16 nitrogen and oxygen atoms in total. The average Bonchev–Trinajstić information content (AvgIpc) is 4.13. The number of ether oxygens (including phenoxy) is 4. The molecule has 0 spiro atoms. The van der Waals surface area contributed by atoms with E-state index in [1.165, 1.54) is 14.2 Å². The van der Waals surface area contributed by atoms with Crippen molar-refractivity contribution in [2.75, 3.05) is 40.6 Å². The topological polar surface area (TPSA) is 193 Å². The Bertz CT molecular complexity index is 2320. The molecule has 0 aliphatic carbocycles. The van der Waals surface area contributed by atoms with E-state index >= 15 is 0 Å². The Hall–Kier alpha value is -5.45. The standard InChI is InChI=1S/C44H49ClN8O8/c1-58-43(56)49-36-26-15-17-60-20-28(26)31-11-13-33(52(31)41(36)54)39-46-19-30(47-39)24-7-3-22(4-8-24)23-5-9-25(10-6-23)35-38(45)51-40(48-35)34-14-12-32-29-21-61-18-16-27(29)37(42(55)53(32)34)50-44(57)59-2/h3-10,19,26-29,31-34,36-37H,11-18,20-21H2,1-2H3,(H,46,47)(H,48,51)(H,49,56)(H,50,57)/t26?,27?,28?,29?,31-,32-,33+,34+,36+,37+/m1/s1. The summed E-state index contributed by atoms with van der Waals surface area (Å²) in [5, 5.41) is 6.03. The zero-order chi connectivity index (χ0) is 41.9. The zero-order valence-corrected chi connectivity index (χ0v) is 34.7. The second-order valence-electron chi connectivity index (χ2n) is 17.0. The molecule has 4 aromatic rings. The molecular weight excluding hydrogens is 804 g/mol. The number of hydrogen-bond donors (Lipinski definition) is 4. The van der Waals surface area contributed by atoms with Crippen molar-refractivity contribution in [2.45, 2.75) is 74.8 Å². The van der Waals surface area contributed by atoms with Crippen molar-refractivity contribution in [3.8, 4) is 33.6 Å². The Morgan fingerprint density at radius 2 is 1.16 bits per heavy atom. The van der Waals surface area contributed by atoms with Crippen molar-refractivity contribution < 1.29 is 38.1 Å². The molecule has 2 aromatic carbocycles. The molecule has 2 aromatic heterocycles. The summed E-state index contributed by atoms with van der Waals surface area (Å²) in [7, 11) is 2.61. The van der Waals surface area contributed by atoms with Crippen LogP contribution in [0.15, 0.2) is 54.7 Å². The molecule has 10 rings (SSSR count). The van der Waals surface area contributed by atoms with E-state index in [0.717, 1.165) is 59.5 Å². The molecule has 320 valence electrons. The fourth-order valence-electron chi connectivity index (χ4n) is 11.3. The first-order valence-corrected chi connectivity index (χ1v) is 21.6. The van der Waals surface area contributed by atoms with Gasteiger partial charge >= 0.3 is 12.2 Å². The fraction of sp³-hybridized carbons (Fsp3) is 0.500. The number of hydrogen-bond acceptors (Lipinski definition) is 10. The number of imidazole rings is 2. The van der Waals surface area contributed by atoms with Gasteiger partial charge in [-0.25, -0.2) is 19.6 Å². The van der Waals surface area contributed by atoms with Crippen molar-refractivity contribution in [2.24, 2.45) is 23.7 Å². The lowest BCUT2D eigenvalue weighted by atomic mass is 9.74. The maximum atomic E-state index is 14.0. The van der Waals surface area contributed by atoms with Crippen molar-refractivity contribution >= 4 is 35.6 Å². The van der Waals surface area contributed by atoms with Crippen LogP contribution in [0.1, 0.15) is 62.3 Å². The summed E-state index contributed by atoms with van der Waals surface area (Å²) in [6, 6.07) is 14.4. The second kappa shape index (κ2) is 16.1. The van der Waals surface area contributed by atoms with Crippen LogP contribution in [-0.4, -0.2) is 119 Å². The molecule has 6 aliphatic rings. The average molecular weight is 853 g/mol. The number of benzene rings is 2. The van der Waals surface area contributed by atoms with Crippen LogP contribution < -0.4 is 10.6 Å². The van der Waals surface area contributed by atoms with Gasteiger partial charge in [0.1, 0.15) is 34.6 Å². The Kier molecular flexibility index (Phi) is 10.5.